The number of rotatable bonds is 64. The molecule has 0 aliphatic rings. The zero-order valence-electron chi connectivity index (χ0n) is 50.4. The van der Waals surface area contributed by atoms with Crippen molar-refractivity contribution in [2.45, 2.75) is 398 Å². The fourth-order valence-corrected chi connectivity index (χ4v) is 10.9. The molecule has 0 fully saturated rings. The third-order valence-corrected chi connectivity index (χ3v) is 16.1. The Morgan fingerprint density at radius 2 is 0.622 bits per heavy atom. The Balaban J connectivity index is 3.31. The second-order valence-corrected chi connectivity index (χ2v) is 23.5. The molecule has 6 heteroatoms. The molecule has 1 amide bonds. The minimum absolute atomic E-state index is 0.0233. The maximum absolute atomic E-state index is 12.4. The summed E-state index contributed by atoms with van der Waals surface area (Å²) in [6.07, 6.45) is 78.6. The van der Waals surface area contributed by atoms with Crippen molar-refractivity contribution >= 4 is 11.9 Å². The smallest absolute Gasteiger partial charge is 0.305 e. The largest absolute Gasteiger partial charge is 0.466 e. The molecular formula is C68H133NO5. The van der Waals surface area contributed by atoms with E-state index in [4.69, 9.17) is 4.74 Å². The molecule has 0 aliphatic heterocycles. The summed E-state index contributed by atoms with van der Waals surface area (Å²) in [4.78, 5) is 24.5. The van der Waals surface area contributed by atoms with Crippen LogP contribution in [0, 0.1) is 0 Å². The number of esters is 1. The number of aliphatic hydroxyl groups is 2. The van der Waals surface area contributed by atoms with Gasteiger partial charge in [-0.3, -0.25) is 9.59 Å². The highest BCUT2D eigenvalue weighted by Gasteiger charge is 2.18. The lowest BCUT2D eigenvalue weighted by molar-refractivity contribution is -0.143. The molecule has 74 heavy (non-hydrogen) atoms. The summed E-state index contributed by atoms with van der Waals surface area (Å²) in [5.74, 6) is -0.0391. The molecule has 0 radical (unpaired) electrons. The molecule has 0 aromatic carbocycles. The van der Waals surface area contributed by atoms with Crippen molar-refractivity contribution in [3.05, 3.63) is 12.2 Å². The first-order valence-electron chi connectivity index (χ1n) is 34.0. The predicted molar refractivity (Wildman–Crippen MR) is 324 cm³/mol. The first-order chi connectivity index (χ1) is 36.5. The Bertz CT molecular complexity index is 1110. The number of carbonyl (C=O) groups excluding carboxylic acids is 2. The van der Waals surface area contributed by atoms with Crippen molar-refractivity contribution in [2.24, 2.45) is 0 Å². The van der Waals surface area contributed by atoms with E-state index in [1.807, 2.05) is 6.08 Å². The molecule has 440 valence electrons. The van der Waals surface area contributed by atoms with Crippen LogP contribution in [-0.4, -0.2) is 47.4 Å². The third kappa shape index (κ3) is 59.8. The fraction of sp³-hybridized carbons (Fsp3) is 0.941. The lowest BCUT2D eigenvalue weighted by Gasteiger charge is -2.20. The number of ether oxygens (including phenoxy) is 1. The van der Waals surface area contributed by atoms with Crippen molar-refractivity contribution in [3.8, 4) is 0 Å². The molecule has 3 N–H and O–H groups in total. The minimum Gasteiger partial charge on any atom is -0.466 e. The zero-order chi connectivity index (χ0) is 53.6. The molecule has 0 aliphatic carbocycles. The molecule has 0 aromatic rings. The van der Waals surface area contributed by atoms with Gasteiger partial charge in [0.15, 0.2) is 0 Å². The number of nitrogens with one attached hydrogen (secondary N) is 1. The summed E-state index contributed by atoms with van der Waals surface area (Å²) in [5.41, 5.74) is 0. The lowest BCUT2D eigenvalue weighted by Crippen LogP contribution is -2.45. The molecule has 2 atom stereocenters. The van der Waals surface area contributed by atoms with Crippen LogP contribution in [0.1, 0.15) is 386 Å². The van der Waals surface area contributed by atoms with Gasteiger partial charge in [0.25, 0.3) is 0 Å². The van der Waals surface area contributed by atoms with E-state index in [2.05, 4.69) is 19.2 Å². The fourth-order valence-electron chi connectivity index (χ4n) is 10.9. The van der Waals surface area contributed by atoms with Crippen molar-refractivity contribution in [1.82, 2.24) is 5.32 Å². The molecule has 0 rings (SSSR count). The number of amides is 1. The average Bonchev–Trinajstić information content (AvgIpc) is 3.40. The van der Waals surface area contributed by atoms with E-state index in [9.17, 15) is 19.8 Å². The highest BCUT2D eigenvalue weighted by Crippen LogP contribution is 2.19. The van der Waals surface area contributed by atoms with Gasteiger partial charge in [0.2, 0.25) is 5.91 Å². The van der Waals surface area contributed by atoms with Crippen molar-refractivity contribution in [3.63, 3.8) is 0 Å². The Hall–Kier alpha value is -1.40. The van der Waals surface area contributed by atoms with Crippen molar-refractivity contribution < 1.29 is 24.5 Å². The number of hydrogen-bond acceptors (Lipinski definition) is 5. The molecule has 0 heterocycles. The Kier molecular flexibility index (Phi) is 62.9. The predicted octanol–water partition coefficient (Wildman–Crippen LogP) is 21.6. The number of aliphatic hydroxyl groups excluding tert-OH is 2. The van der Waals surface area contributed by atoms with Gasteiger partial charge < -0.3 is 20.3 Å². The van der Waals surface area contributed by atoms with E-state index in [-0.39, 0.29) is 18.5 Å². The second-order valence-electron chi connectivity index (χ2n) is 23.5. The van der Waals surface area contributed by atoms with E-state index in [1.165, 1.54) is 321 Å². The highest BCUT2D eigenvalue weighted by molar-refractivity contribution is 5.76. The summed E-state index contributed by atoms with van der Waals surface area (Å²) in [5, 5.41) is 23.1. The molecule has 0 aromatic heterocycles. The third-order valence-electron chi connectivity index (χ3n) is 16.1. The first-order valence-corrected chi connectivity index (χ1v) is 34.0. The number of hydrogen-bond donors (Lipinski definition) is 3. The van der Waals surface area contributed by atoms with E-state index in [0.29, 0.717) is 19.4 Å². The maximum atomic E-state index is 12.4. The maximum Gasteiger partial charge on any atom is 0.305 e. The van der Waals surface area contributed by atoms with Crippen LogP contribution >= 0.6 is 0 Å². The quantitative estimate of drug-likeness (QED) is 0.0320. The van der Waals surface area contributed by atoms with E-state index in [1.54, 1.807) is 6.08 Å². The summed E-state index contributed by atoms with van der Waals surface area (Å²) in [6.45, 7) is 4.93. The average molecular weight is 1040 g/mol. The number of allylic oxidation sites excluding steroid dienone is 1. The molecule has 0 saturated heterocycles. The van der Waals surface area contributed by atoms with E-state index in [0.717, 1.165) is 38.5 Å². The monoisotopic (exact) mass is 1040 g/mol. The molecule has 2 unspecified atom stereocenters. The minimum atomic E-state index is -0.839. The zero-order valence-corrected chi connectivity index (χ0v) is 50.4. The van der Waals surface area contributed by atoms with Gasteiger partial charge in [0.05, 0.1) is 25.4 Å². The first kappa shape index (κ1) is 72.6. The van der Waals surface area contributed by atoms with Crippen LogP contribution in [0.15, 0.2) is 12.2 Å². The van der Waals surface area contributed by atoms with Crippen molar-refractivity contribution in [1.29, 1.82) is 0 Å². The van der Waals surface area contributed by atoms with Gasteiger partial charge in [0.1, 0.15) is 0 Å². The molecule has 0 spiro atoms. The van der Waals surface area contributed by atoms with Crippen LogP contribution in [0.25, 0.3) is 0 Å². The molecule has 0 saturated carbocycles. The van der Waals surface area contributed by atoms with Crippen LogP contribution in [0.5, 0.6) is 0 Å². The van der Waals surface area contributed by atoms with Gasteiger partial charge in [-0.15, -0.1) is 0 Å². The Morgan fingerprint density at radius 1 is 0.365 bits per heavy atom. The topological polar surface area (TPSA) is 95.9 Å². The van der Waals surface area contributed by atoms with Gasteiger partial charge in [-0.25, -0.2) is 0 Å². The van der Waals surface area contributed by atoms with Gasteiger partial charge in [-0.1, -0.05) is 353 Å². The summed E-state index contributed by atoms with van der Waals surface area (Å²) in [7, 11) is 0. The van der Waals surface area contributed by atoms with Crippen LogP contribution in [0.2, 0.25) is 0 Å². The van der Waals surface area contributed by atoms with Crippen LogP contribution in [-0.2, 0) is 14.3 Å². The van der Waals surface area contributed by atoms with Gasteiger partial charge >= 0.3 is 5.97 Å². The number of unbranched alkanes of at least 4 members (excludes halogenated alkanes) is 53. The molecule has 0 bridgehead atoms. The van der Waals surface area contributed by atoms with Gasteiger partial charge in [0, 0.05) is 12.8 Å². The SMILES string of the molecule is CCCCCCCCCCCC/C=C/C(O)C(CO)NC(=O)CCCCCCCCCCCCCCCCCCCCCCCCCCCCCCCCCOC(=O)CCCCCCCCCCCCCCCC. The second kappa shape index (κ2) is 64.1. The van der Waals surface area contributed by atoms with E-state index >= 15 is 0 Å². The normalized spacial score (nSPS) is 12.5. The summed E-state index contributed by atoms with van der Waals surface area (Å²) >= 11 is 0. The number of carbonyl (C=O) groups is 2. The Labute approximate surface area is 463 Å². The highest BCUT2D eigenvalue weighted by atomic mass is 16.5. The van der Waals surface area contributed by atoms with E-state index < -0.39 is 12.1 Å². The van der Waals surface area contributed by atoms with Gasteiger partial charge in [-0.2, -0.15) is 0 Å². The van der Waals surface area contributed by atoms with Crippen LogP contribution in [0.3, 0.4) is 0 Å². The van der Waals surface area contributed by atoms with Crippen LogP contribution < -0.4 is 5.32 Å². The molecule has 6 nitrogen and oxygen atoms in total. The van der Waals surface area contributed by atoms with Crippen molar-refractivity contribution in [2.75, 3.05) is 13.2 Å². The summed E-state index contributed by atoms with van der Waals surface area (Å²) < 4.78 is 5.50. The summed E-state index contributed by atoms with van der Waals surface area (Å²) in [6, 6.07) is -0.622. The van der Waals surface area contributed by atoms with Crippen LogP contribution in [0.4, 0.5) is 0 Å². The standard InChI is InChI=1S/C68H133NO5/c1-3-5-7-9-11-13-15-17-38-42-46-50-54-58-62-68(73)74-63-59-55-51-47-43-39-36-34-32-30-28-26-24-22-20-18-19-21-23-25-27-29-31-33-35-37-41-45-49-53-57-61-67(72)69-65(64-70)66(71)60-56-52-48-44-40-16-14-12-10-8-6-4-2/h56,60,65-66,70-71H,3-55,57-59,61-64H2,1-2H3,(H,69,72)/b60-56+. The van der Waals surface area contributed by atoms with Gasteiger partial charge in [-0.05, 0) is 32.1 Å². The Morgan fingerprint density at radius 3 is 0.919 bits per heavy atom. The lowest BCUT2D eigenvalue weighted by atomic mass is 10.0. The molecular weight excluding hydrogens is 911 g/mol.